The summed E-state index contributed by atoms with van der Waals surface area (Å²) in [5, 5.41) is 0. The highest BCUT2D eigenvalue weighted by atomic mass is 16.5. The molecule has 16 heavy (non-hydrogen) atoms. The SMILES string of the molecule is COC1CN(CC2(N)CCCC2)CCC1C. The first-order valence-electron chi connectivity index (χ1n) is 6.67. The molecule has 2 aliphatic rings. The minimum atomic E-state index is 0.0961. The van der Waals surface area contributed by atoms with Crippen molar-refractivity contribution in [2.75, 3.05) is 26.7 Å². The van der Waals surface area contributed by atoms with Gasteiger partial charge in [0, 0.05) is 25.7 Å². The number of likely N-dealkylation sites (tertiary alicyclic amines) is 1. The first-order chi connectivity index (χ1) is 7.63. The highest BCUT2D eigenvalue weighted by Gasteiger charge is 2.34. The molecule has 1 aliphatic carbocycles. The van der Waals surface area contributed by atoms with Crippen LogP contribution in [0.2, 0.25) is 0 Å². The van der Waals surface area contributed by atoms with Gasteiger partial charge in [-0.05, 0) is 31.7 Å². The monoisotopic (exact) mass is 226 g/mol. The van der Waals surface area contributed by atoms with Crippen LogP contribution in [-0.4, -0.2) is 43.3 Å². The number of piperidine rings is 1. The number of methoxy groups -OCH3 is 1. The van der Waals surface area contributed by atoms with E-state index in [2.05, 4.69) is 11.8 Å². The maximum absolute atomic E-state index is 6.43. The van der Waals surface area contributed by atoms with Gasteiger partial charge in [-0.2, -0.15) is 0 Å². The number of rotatable bonds is 3. The Kier molecular flexibility index (Phi) is 3.88. The van der Waals surface area contributed by atoms with Crippen molar-refractivity contribution >= 4 is 0 Å². The van der Waals surface area contributed by atoms with Gasteiger partial charge in [0.15, 0.2) is 0 Å². The average Bonchev–Trinajstić information content (AvgIpc) is 2.68. The van der Waals surface area contributed by atoms with Gasteiger partial charge in [0.05, 0.1) is 6.10 Å². The minimum absolute atomic E-state index is 0.0961. The molecule has 3 heteroatoms. The Morgan fingerprint density at radius 1 is 1.38 bits per heavy atom. The molecule has 0 amide bonds. The molecule has 0 aromatic heterocycles. The van der Waals surface area contributed by atoms with Crippen LogP contribution in [0, 0.1) is 5.92 Å². The number of hydrogen-bond acceptors (Lipinski definition) is 3. The zero-order chi connectivity index (χ0) is 11.6. The van der Waals surface area contributed by atoms with Gasteiger partial charge in [-0.1, -0.05) is 19.8 Å². The fourth-order valence-electron chi connectivity index (χ4n) is 3.23. The van der Waals surface area contributed by atoms with Crippen LogP contribution in [0.1, 0.15) is 39.0 Å². The maximum Gasteiger partial charge on any atom is 0.0724 e. The van der Waals surface area contributed by atoms with Crippen molar-refractivity contribution in [3.63, 3.8) is 0 Å². The van der Waals surface area contributed by atoms with Crippen LogP contribution in [-0.2, 0) is 4.74 Å². The van der Waals surface area contributed by atoms with E-state index in [1.165, 1.54) is 38.6 Å². The number of nitrogens with zero attached hydrogens (tertiary/aromatic N) is 1. The third kappa shape index (κ3) is 2.76. The van der Waals surface area contributed by atoms with Crippen molar-refractivity contribution in [2.24, 2.45) is 11.7 Å². The van der Waals surface area contributed by atoms with E-state index in [1.54, 1.807) is 0 Å². The lowest BCUT2D eigenvalue weighted by molar-refractivity contribution is -0.0108. The second kappa shape index (κ2) is 5.03. The van der Waals surface area contributed by atoms with Crippen molar-refractivity contribution < 1.29 is 4.74 Å². The lowest BCUT2D eigenvalue weighted by Gasteiger charge is -2.40. The Labute approximate surface area is 99.3 Å². The first-order valence-corrected chi connectivity index (χ1v) is 6.67. The molecular formula is C13H26N2O. The summed E-state index contributed by atoms with van der Waals surface area (Å²) in [6.45, 7) is 5.62. The Morgan fingerprint density at radius 2 is 2.06 bits per heavy atom. The summed E-state index contributed by atoms with van der Waals surface area (Å²) in [7, 11) is 1.83. The molecule has 0 radical (unpaired) electrons. The van der Waals surface area contributed by atoms with Gasteiger partial charge in [0.2, 0.25) is 0 Å². The summed E-state index contributed by atoms with van der Waals surface area (Å²) in [5.41, 5.74) is 6.53. The van der Waals surface area contributed by atoms with Crippen LogP contribution in [0.15, 0.2) is 0 Å². The van der Waals surface area contributed by atoms with Gasteiger partial charge in [-0.15, -0.1) is 0 Å². The Bertz CT molecular complexity index is 226. The lowest BCUT2D eigenvalue weighted by atomic mass is 9.92. The predicted octanol–water partition coefficient (Wildman–Crippen LogP) is 1.61. The third-order valence-corrected chi connectivity index (χ3v) is 4.41. The van der Waals surface area contributed by atoms with Crippen molar-refractivity contribution in [3.05, 3.63) is 0 Å². The van der Waals surface area contributed by atoms with E-state index < -0.39 is 0 Å². The van der Waals surface area contributed by atoms with Crippen LogP contribution in [0.25, 0.3) is 0 Å². The normalized spacial score (nSPS) is 35.4. The third-order valence-electron chi connectivity index (χ3n) is 4.41. The van der Waals surface area contributed by atoms with Crippen LogP contribution in [0.5, 0.6) is 0 Å². The molecule has 3 nitrogen and oxygen atoms in total. The standard InChI is InChI=1S/C13H26N2O/c1-11-5-8-15(9-12(11)16-2)10-13(14)6-3-4-7-13/h11-12H,3-10,14H2,1-2H3. The van der Waals surface area contributed by atoms with E-state index in [0.717, 1.165) is 13.1 Å². The summed E-state index contributed by atoms with van der Waals surface area (Å²) in [5.74, 6) is 0.693. The van der Waals surface area contributed by atoms with E-state index in [0.29, 0.717) is 12.0 Å². The summed E-state index contributed by atoms with van der Waals surface area (Å²) in [6.07, 6.45) is 6.68. The largest absolute Gasteiger partial charge is 0.380 e. The molecule has 2 fully saturated rings. The predicted molar refractivity (Wildman–Crippen MR) is 66.4 cm³/mol. The Hall–Kier alpha value is -0.120. The fourth-order valence-corrected chi connectivity index (χ4v) is 3.23. The van der Waals surface area contributed by atoms with E-state index in [1.807, 2.05) is 7.11 Å². The van der Waals surface area contributed by atoms with Gasteiger partial charge >= 0.3 is 0 Å². The zero-order valence-corrected chi connectivity index (χ0v) is 10.7. The molecule has 2 rings (SSSR count). The van der Waals surface area contributed by atoms with Crippen LogP contribution >= 0.6 is 0 Å². The van der Waals surface area contributed by atoms with Crippen molar-refractivity contribution in [2.45, 2.75) is 50.7 Å². The van der Waals surface area contributed by atoms with Crippen LogP contribution in [0.4, 0.5) is 0 Å². The minimum Gasteiger partial charge on any atom is -0.380 e. The first kappa shape index (κ1) is 12.3. The smallest absolute Gasteiger partial charge is 0.0724 e. The van der Waals surface area contributed by atoms with E-state index in [-0.39, 0.29) is 5.54 Å². The molecular weight excluding hydrogens is 200 g/mol. The molecule has 1 saturated carbocycles. The van der Waals surface area contributed by atoms with Gasteiger partial charge in [-0.25, -0.2) is 0 Å². The van der Waals surface area contributed by atoms with Crippen molar-refractivity contribution in [1.29, 1.82) is 0 Å². The topological polar surface area (TPSA) is 38.5 Å². The second-order valence-corrected chi connectivity index (χ2v) is 5.84. The van der Waals surface area contributed by atoms with Crippen molar-refractivity contribution in [3.8, 4) is 0 Å². The quantitative estimate of drug-likeness (QED) is 0.794. The van der Waals surface area contributed by atoms with Crippen molar-refractivity contribution in [1.82, 2.24) is 4.90 Å². The summed E-state index contributed by atoms with van der Waals surface area (Å²) >= 11 is 0. The number of nitrogens with two attached hydrogens (primary N) is 1. The van der Waals surface area contributed by atoms with E-state index in [9.17, 15) is 0 Å². The fraction of sp³-hybridized carbons (Fsp3) is 1.00. The molecule has 0 spiro atoms. The average molecular weight is 226 g/mol. The van der Waals surface area contributed by atoms with Gasteiger partial charge in [0.25, 0.3) is 0 Å². The van der Waals surface area contributed by atoms with E-state index >= 15 is 0 Å². The lowest BCUT2D eigenvalue weighted by Crippen LogP contribution is -2.53. The molecule has 0 aromatic carbocycles. The molecule has 1 heterocycles. The molecule has 1 aliphatic heterocycles. The van der Waals surface area contributed by atoms with Crippen LogP contribution < -0.4 is 5.73 Å². The molecule has 0 bridgehead atoms. The molecule has 1 saturated heterocycles. The zero-order valence-electron chi connectivity index (χ0n) is 10.7. The van der Waals surface area contributed by atoms with E-state index in [4.69, 9.17) is 10.5 Å². The van der Waals surface area contributed by atoms with Gasteiger partial charge in [-0.3, -0.25) is 4.90 Å². The summed E-state index contributed by atoms with van der Waals surface area (Å²) < 4.78 is 5.55. The van der Waals surface area contributed by atoms with Crippen LogP contribution in [0.3, 0.4) is 0 Å². The number of ether oxygens (including phenoxy) is 1. The molecule has 2 N–H and O–H groups in total. The summed E-state index contributed by atoms with van der Waals surface area (Å²) in [4.78, 5) is 2.51. The Morgan fingerprint density at radius 3 is 2.69 bits per heavy atom. The number of hydrogen-bond donors (Lipinski definition) is 1. The molecule has 2 atom stereocenters. The highest BCUT2D eigenvalue weighted by molar-refractivity contribution is 4.93. The molecule has 0 aromatic rings. The second-order valence-electron chi connectivity index (χ2n) is 5.84. The Balaban J connectivity index is 1.86. The molecule has 2 unspecified atom stereocenters. The summed E-state index contributed by atoms with van der Waals surface area (Å²) in [6, 6.07) is 0. The maximum atomic E-state index is 6.43. The van der Waals surface area contributed by atoms with Gasteiger partial charge in [0.1, 0.15) is 0 Å². The van der Waals surface area contributed by atoms with Gasteiger partial charge < -0.3 is 10.5 Å². The highest BCUT2D eigenvalue weighted by Crippen LogP contribution is 2.29. The molecule has 94 valence electrons.